The van der Waals surface area contributed by atoms with Gasteiger partial charge in [-0.2, -0.15) is 0 Å². The molecule has 0 saturated carbocycles. The normalized spacial score (nSPS) is 14.7. The summed E-state index contributed by atoms with van der Waals surface area (Å²) in [5, 5.41) is 16.3. The van der Waals surface area contributed by atoms with E-state index in [2.05, 4.69) is 53.5 Å². The average molecular weight is 572 g/mol. The first-order valence-corrected chi connectivity index (χ1v) is 14.3. The molecule has 0 aromatic heterocycles. The van der Waals surface area contributed by atoms with Crippen LogP contribution in [0.2, 0.25) is 5.02 Å². The average Bonchev–Trinajstić information content (AvgIpc) is 3.13. The molecule has 0 radical (unpaired) electrons. The predicted octanol–water partition coefficient (Wildman–Crippen LogP) is 7.37. The van der Waals surface area contributed by atoms with Crippen molar-refractivity contribution in [3.63, 3.8) is 0 Å². The molecule has 1 aliphatic rings. The van der Waals surface area contributed by atoms with Crippen molar-refractivity contribution in [3.05, 3.63) is 99.1 Å². The third kappa shape index (κ3) is 5.46. The fourth-order valence-corrected chi connectivity index (χ4v) is 6.21. The number of hydrogen-bond acceptors (Lipinski definition) is 5. The van der Waals surface area contributed by atoms with Gasteiger partial charge < -0.3 is 20.9 Å². The number of aliphatic carboxylic acids is 1. The number of halogens is 1. The van der Waals surface area contributed by atoms with Crippen molar-refractivity contribution in [1.82, 2.24) is 4.90 Å². The van der Waals surface area contributed by atoms with Crippen molar-refractivity contribution in [3.8, 4) is 5.75 Å². The number of nitrogen functional groups attached to an aromatic ring is 1. The molecular weight excluding hydrogens is 534 g/mol. The molecule has 4 aromatic carbocycles. The van der Waals surface area contributed by atoms with Crippen molar-refractivity contribution in [2.45, 2.75) is 46.7 Å². The Morgan fingerprint density at radius 2 is 1.93 bits per heavy atom. The highest BCUT2D eigenvalue weighted by Gasteiger charge is 2.40. The molecule has 1 atom stereocenters. The molecule has 41 heavy (non-hydrogen) atoms. The molecule has 1 heterocycles. The lowest BCUT2D eigenvalue weighted by Gasteiger charge is -2.34. The molecule has 0 bridgehead atoms. The number of rotatable bonds is 7. The quantitative estimate of drug-likeness (QED) is 0.201. The fraction of sp³-hybridized carbons (Fsp3) is 0.324. The smallest absolute Gasteiger partial charge is 0.310 e. The summed E-state index contributed by atoms with van der Waals surface area (Å²) in [4.78, 5) is 15.0. The molecule has 6 nitrogen and oxygen atoms in total. The summed E-state index contributed by atoms with van der Waals surface area (Å²) < 4.78 is 6.16. The van der Waals surface area contributed by atoms with Gasteiger partial charge >= 0.3 is 5.97 Å². The van der Waals surface area contributed by atoms with Gasteiger partial charge in [0.05, 0.1) is 16.8 Å². The molecule has 4 N–H and O–H groups in total. The lowest BCUT2D eigenvalue weighted by molar-refractivity contribution is -0.147. The van der Waals surface area contributed by atoms with Crippen LogP contribution in [0.25, 0.3) is 10.8 Å². The van der Waals surface area contributed by atoms with Crippen LogP contribution < -0.4 is 15.8 Å². The largest absolute Gasteiger partial charge is 0.492 e. The zero-order valence-corrected chi connectivity index (χ0v) is 25.1. The Labute approximate surface area is 247 Å². The molecule has 0 spiro atoms. The molecular formula is C34H38ClN3O3. The summed E-state index contributed by atoms with van der Waals surface area (Å²) in [5.74, 6) is -0.351. The number of fused-ring (bicyclic) bond motifs is 2. The van der Waals surface area contributed by atoms with E-state index in [0.717, 1.165) is 73.7 Å². The van der Waals surface area contributed by atoms with E-state index in [0.29, 0.717) is 18.8 Å². The maximum absolute atomic E-state index is 12.6. The fourth-order valence-electron chi connectivity index (χ4n) is 5.98. The van der Waals surface area contributed by atoms with Crippen LogP contribution in [-0.4, -0.2) is 36.2 Å². The summed E-state index contributed by atoms with van der Waals surface area (Å²) in [6.07, 6.45) is 0. The second kappa shape index (κ2) is 11.3. The molecule has 0 aliphatic carbocycles. The number of nitrogens with zero attached hydrogens (tertiary/aromatic N) is 1. The minimum absolute atomic E-state index is 0.394. The van der Waals surface area contributed by atoms with E-state index in [1.807, 2.05) is 38.2 Å². The number of nitrogens with one attached hydrogen (secondary N) is 1. The number of aryl methyl sites for hydroxylation is 1. The number of carboxylic acids is 1. The number of hydrogen-bond donors (Lipinski definition) is 3. The Morgan fingerprint density at radius 3 is 2.66 bits per heavy atom. The van der Waals surface area contributed by atoms with Crippen LogP contribution in [-0.2, 0) is 17.9 Å². The van der Waals surface area contributed by atoms with Crippen LogP contribution in [0.5, 0.6) is 5.75 Å². The lowest BCUT2D eigenvalue weighted by atomic mass is 9.69. The van der Waals surface area contributed by atoms with Crippen LogP contribution in [0, 0.1) is 19.3 Å². The number of ether oxygens (including phenoxy) is 1. The van der Waals surface area contributed by atoms with Crippen molar-refractivity contribution >= 4 is 39.7 Å². The first-order chi connectivity index (χ1) is 19.5. The molecule has 7 heteroatoms. The monoisotopic (exact) mass is 571 g/mol. The predicted molar refractivity (Wildman–Crippen MR) is 168 cm³/mol. The summed E-state index contributed by atoms with van der Waals surface area (Å²) in [6.45, 7) is 10.5. The highest BCUT2D eigenvalue weighted by molar-refractivity contribution is 6.35. The Balaban J connectivity index is 1.52. The van der Waals surface area contributed by atoms with Crippen molar-refractivity contribution < 1.29 is 14.6 Å². The van der Waals surface area contributed by atoms with Gasteiger partial charge in [-0.15, -0.1) is 0 Å². The number of benzene rings is 4. The van der Waals surface area contributed by atoms with Crippen LogP contribution in [0.3, 0.4) is 0 Å². The van der Waals surface area contributed by atoms with E-state index in [1.54, 1.807) is 13.8 Å². The van der Waals surface area contributed by atoms with Gasteiger partial charge in [0.25, 0.3) is 0 Å². The number of nitrogens with two attached hydrogens (primary N) is 1. The molecule has 4 aromatic rings. The summed E-state index contributed by atoms with van der Waals surface area (Å²) in [5.41, 5.74) is 13.1. The molecule has 1 aliphatic heterocycles. The van der Waals surface area contributed by atoms with Crippen LogP contribution >= 0.6 is 11.6 Å². The van der Waals surface area contributed by atoms with Gasteiger partial charge in [-0.3, -0.25) is 9.69 Å². The Bertz CT molecular complexity index is 1630. The first kappa shape index (κ1) is 28.8. The number of carbonyl (C=O) groups is 1. The molecule has 1 unspecified atom stereocenters. The van der Waals surface area contributed by atoms with E-state index in [1.165, 1.54) is 0 Å². The Kier molecular flexibility index (Phi) is 7.91. The zero-order chi connectivity index (χ0) is 29.5. The van der Waals surface area contributed by atoms with Crippen LogP contribution in [0.15, 0.2) is 60.7 Å². The molecule has 214 valence electrons. The Morgan fingerprint density at radius 1 is 1.15 bits per heavy atom. The molecule has 0 saturated heterocycles. The number of carboxylic acid groups (broad SMARTS) is 1. The van der Waals surface area contributed by atoms with Gasteiger partial charge in [0.15, 0.2) is 0 Å². The molecule has 5 rings (SSSR count). The van der Waals surface area contributed by atoms with Gasteiger partial charge in [0, 0.05) is 48.6 Å². The van der Waals surface area contributed by atoms with Gasteiger partial charge in [-0.25, -0.2) is 0 Å². The number of anilines is 2. The molecule has 0 fully saturated rings. The van der Waals surface area contributed by atoms with E-state index in [-0.39, 0.29) is 0 Å². The summed E-state index contributed by atoms with van der Waals surface area (Å²) in [6, 6.07) is 20.4. The highest BCUT2D eigenvalue weighted by Crippen LogP contribution is 2.45. The SMILES string of the molecule is CNc1ccc(C(c2ccc(C)c(CN3CCOc4cc5cccc(Cl)c5cc4C3)c2)C(C)(C)C(=O)O)c(C)c1N. The van der Waals surface area contributed by atoms with Crippen LogP contribution in [0.4, 0.5) is 11.4 Å². The maximum Gasteiger partial charge on any atom is 0.310 e. The zero-order valence-electron chi connectivity index (χ0n) is 24.3. The van der Waals surface area contributed by atoms with Gasteiger partial charge in [0.2, 0.25) is 0 Å². The van der Waals surface area contributed by atoms with E-state index < -0.39 is 17.3 Å². The second-order valence-electron chi connectivity index (χ2n) is 11.6. The van der Waals surface area contributed by atoms with Crippen molar-refractivity contribution in [2.24, 2.45) is 5.41 Å². The third-order valence-electron chi connectivity index (χ3n) is 8.58. The third-order valence-corrected chi connectivity index (χ3v) is 8.91. The van der Waals surface area contributed by atoms with Crippen molar-refractivity contribution in [1.29, 1.82) is 0 Å². The lowest BCUT2D eigenvalue weighted by Crippen LogP contribution is -2.33. The standard InChI is InChI=1S/C34H38ClN3O3/c1-20-9-10-23(31(34(3,4)33(39)40)26-11-12-29(37-5)32(36)21(26)2)15-24(20)18-38-13-14-41-30-17-22-7-6-8-28(35)27(22)16-25(30)19-38/h6-12,15-17,31,37H,13-14,18-19,36H2,1-5H3,(H,39,40). The second-order valence-corrected chi connectivity index (χ2v) is 12.0. The van der Waals surface area contributed by atoms with E-state index >= 15 is 0 Å². The minimum Gasteiger partial charge on any atom is -0.492 e. The van der Waals surface area contributed by atoms with Crippen molar-refractivity contribution in [2.75, 3.05) is 31.2 Å². The van der Waals surface area contributed by atoms with Gasteiger partial charge in [-0.1, -0.05) is 48.0 Å². The van der Waals surface area contributed by atoms with Gasteiger partial charge in [0.1, 0.15) is 12.4 Å². The maximum atomic E-state index is 12.6. The highest BCUT2D eigenvalue weighted by atomic mass is 35.5. The Hall–Kier alpha value is -3.74. The van der Waals surface area contributed by atoms with Crippen LogP contribution in [0.1, 0.15) is 53.1 Å². The van der Waals surface area contributed by atoms with Gasteiger partial charge in [-0.05, 0) is 85.2 Å². The summed E-state index contributed by atoms with van der Waals surface area (Å²) in [7, 11) is 1.83. The summed E-state index contributed by atoms with van der Waals surface area (Å²) >= 11 is 6.51. The van der Waals surface area contributed by atoms with E-state index in [9.17, 15) is 9.90 Å². The minimum atomic E-state index is -1.07. The molecule has 0 amide bonds. The topological polar surface area (TPSA) is 87.8 Å². The van der Waals surface area contributed by atoms with E-state index in [4.69, 9.17) is 22.1 Å². The first-order valence-electron chi connectivity index (χ1n) is 14.0.